The van der Waals surface area contributed by atoms with Gasteiger partial charge in [0.25, 0.3) is 0 Å². The standard InChI is InChI=1S/C19H28N2O3S/c1-16-8-5-6-11-18(16)25(23,24)21-13-7-12-20(14-15-21)19(22)17-9-3-2-4-10-17/h5-6,8,11,17H,2-4,7,9-10,12-15H2,1H3. The van der Waals surface area contributed by atoms with E-state index in [1.807, 2.05) is 24.0 Å². The minimum Gasteiger partial charge on any atom is -0.341 e. The van der Waals surface area contributed by atoms with Crippen LogP contribution in [0.25, 0.3) is 0 Å². The Kier molecular flexibility index (Phi) is 5.79. The molecule has 2 aliphatic rings. The molecule has 1 aromatic carbocycles. The summed E-state index contributed by atoms with van der Waals surface area (Å²) in [5.74, 6) is 0.378. The predicted molar refractivity (Wildman–Crippen MR) is 97.7 cm³/mol. The van der Waals surface area contributed by atoms with Crippen LogP contribution in [0.3, 0.4) is 0 Å². The summed E-state index contributed by atoms with van der Waals surface area (Å²) >= 11 is 0. The summed E-state index contributed by atoms with van der Waals surface area (Å²) in [5.41, 5.74) is 0.766. The number of carbonyl (C=O) groups excluding carboxylic acids is 1. The van der Waals surface area contributed by atoms with Crippen LogP contribution in [-0.2, 0) is 14.8 Å². The molecular formula is C19H28N2O3S. The van der Waals surface area contributed by atoms with Crippen molar-refractivity contribution in [3.05, 3.63) is 29.8 Å². The van der Waals surface area contributed by atoms with E-state index in [0.29, 0.717) is 37.5 Å². The van der Waals surface area contributed by atoms with Gasteiger partial charge in [-0.1, -0.05) is 37.5 Å². The number of carbonyl (C=O) groups is 1. The fourth-order valence-corrected chi connectivity index (χ4v) is 5.64. The second kappa shape index (κ2) is 7.87. The van der Waals surface area contributed by atoms with E-state index in [1.165, 1.54) is 6.42 Å². The monoisotopic (exact) mass is 364 g/mol. The van der Waals surface area contributed by atoms with Gasteiger partial charge >= 0.3 is 0 Å². The number of benzene rings is 1. The third-order valence-corrected chi connectivity index (χ3v) is 7.49. The molecule has 0 N–H and O–H groups in total. The molecule has 2 fully saturated rings. The third kappa shape index (κ3) is 4.06. The summed E-state index contributed by atoms with van der Waals surface area (Å²) in [4.78, 5) is 15.0. The van der Waals surface area contributed by atoms with Gasteiger partial charge in [-0.2, -0.15) is 4.31 Å². The average Bonchev–Trinajstić information content (AvgIpc) is 2.89. The first-order chi connectivity index (χ1) is 12.0. The van der Waals surface area contributed by atoms with Gasteiger partial charge in [-0.3, -0.25) is 4.79 Å². The van der Waals surface area contributed by atoms with E-state index in [9.17, 15) is 13.2 Å². The van der Waals surface area contributed by atoms with Crippen molar-refractivity contribution >= 4 is 15.9 Å². The van der Waals surface area contributed by atoms with Gasteiger partial charge in [0.05, 0.1) is 4.90 Å². The summed E-state index contributed by atoms with van der Waals surface area (Å²) in [6.45, 7) is 3.85. The number of aryl methyl sites for hydroxylation is 1. The molecule has 138 valence electrons. The van der Waals surface area contributed by atoms with E-state index in [2.05, 4.69) is 0 Å². The van der Waals surface area contributed by atoms with Crippen molar-refractivity contribution in [1.82, 2.24) is 9.21 Å². The van der Waals surface area contributed by atoms with Crippen molar-refractivity contribution in [2.24, 2.45) is 5.92 Å². The molecular weight excluding hydrogens is 336 g/mol. The van der Waals surface area contributed by atoms with Crippen LogP contribution < -0.4 is 0 Å². The van der Waals surface area contributed by atoms with Crippen molar-refractivity contribution in [2.45, 2.75) is 50.3 Å². The number of hydrogen-bond acceptors (Lipinski definition) is 3. The van der Waals surface area contributed by atoms with Gasteiger partial charge < -0.3 is 4.90 Å². The lowest BCUT2D eigenvalue weighted by molar-refractivity contribution is -0.136. The zero-order valence-electron chi connectivity index (χ0n) is 15.0. The number of hydrogen-bond donors (Lipinski definition) is 0. The minimum absolute atomic E-state index is 0.147. The first-order valence-electron chi connectivity index (χ1n) is 9.35. The van der Waals surface area contributed by atoms with Gasteiger partial charge in [-0.05, 0) is 37.8 Å². The SMILES string of the molecule is Cc1ccccc1S(=O)(=O)N1CCCN(C(=O)C2CCCCC2)CC1. The number of rotatable bonds is 3. The first-order valence-corrected chi connectivity index (χ1v) is 10.8. The maximum absolute atomic E-state index is 13.0. The highest BCUT2D eigenvalue weighted by Gasteiger charge is 2.31. The second-order valence-electron chi connectivity index (χ2n) is 7.18. The average molecular weight is 365 g/mol. The molecule has 1 amide bonds. The number of nitrogens with zero attached hydrogens (tertiary/aromatic N) is 2. The fraction of sp³-hybridized carbons (Fsp3) is 0.632. The Bertz CT molecular complexity index is 711. The molecule has 1 saturated carbocycles. The minimum atomic E-state index is -3.49. The van der Waals surface area contributed by atoms with Crippen molar-refractivity contribution in [1.29, 1.82) is 0 Å². The van der Waals surface area contributed by atoms with Crippen molar-refractivity contribution in [2.75, 3.05) is 26.2 Å². The fourth-order valence-electron chi connectivity index (χ4n) is 3.95. The molecule has 0 radical (unpaired) electrons. The van der Waals surface area contributed by atoms with Crippen LogP contribution in [0.5, 0.6) is 0 Å². The lowest BCUT2D eigenvalue weighted by Gasteiger charge is -2.28. The first kappa shape index (κ1) is 18.4. The van der Waals surface area contributed by atoms with Gasteiger partial charge in [0.15, 0.2) is 0 Å². The molecule has 25 heavy (non-hydrogen) atoms. The van der Waals surface area contributed by atoms with Gasteiger partial charge in [0.2, 0.25) is 15.9 Å². The van der Waals surface area contributed by atoms with Gasteiger partial charge in [-0.15, -0.1) is 0 Å². The molecule has 0 unspecified atom stereocenters. The van der Waals surface area contributed by atoms with E-state index < -0.39 is 10.0 Å². The lowest BCUT2D eigenvalue weighted by Crippen LogP contribution is -2.40. The molecule has 3 rings (SSSR count). The molecule has 6 heteroatoms. The zero-order chi connectivity index (χ0) is 17.9. The molecule has 5 nitrogen and oxygen atoms in total. The third-order valence-electron chi connectivity index (χ3n) is 5.43. The Balaban J connectivity index is 1.69. The summed E-state index contributed by atoms with van der Waals surface area (Å²) in [7, 11) is -3.49. The zero-order valence-corrected chi connectivity index (χ0v) is 15.8. The molecule has 0 bridgehead atoms. The normalized spacial score (nSPS) is 21.1. The smallest absolute Gasteiger partial charge is 0.243 e. The highest BCUT2D eigenvalue weighted by atomic mass is 32.2. The Hall–Kier alpha value is -1.40. The Labute approximate surface area is 151 Å². The van der Waals surface area contributed by atoms with Gasteiger partial charge in [0.1, 0.15) is 0 Å². The molecule has 1 aliphatic carbocycles. The summed E-state index contributed by atoms with van der Waals surface area (Å²) < 4.78 is 27.5. The van der Waals surface area contributed by atoms with Gasteiger partial charge in [-0.25, -0.2) is 8.42 Å². The van der Waals surface area contributed by atoms with E-state index in [1.54, 1.807) is 16.4 Å². The van der Waals surface area contributed by atoms with Crippen molar-refractivity contribution in [3.63, 3.8) is 0 Å². The topological polar surface area (TPSA) is 57.7 Å². The Morgan fingerprint density at radius 3 is 2.40 bits per heavy atom. The largest absolute Gasteiger partial charge is 0.341 e. The van der Waals surface area contributed by atoms with Crippen LogP contribution in [0.1, 0.15) is 44.1 Å². The van der Waals surface area contributed by atoms with Crippen LogP contribution in [0.15, 0.2) is 29.2 Å². The molecule has 1 saturated heterocycles. The van der Waals surface area contributed by atoms with E-state index in [0.717, 1.165) is 31.2 Å². The van der Waals surface area contributed by atoms with Crippen LogP contribution in [-0.4, -0.2) is 49.7 Å². The van der Waals surface area contributed by atoms with Crippen LogP contribution in [0, 0.1) is 12.8 Å². The van der Waals surface area contributed by atoms with Crippen LogP contribution in [0.2, 0.25) is 0 Å². The molecule has 0 aromatic heterocycles. The Morgan fingerprint density at radius 2 is 1.68 bits per heavy atom. The molecule has 1 aliphatic heterocycles. The lowest BCUT2D eigenvalue weighted by atomic mass is 9.88. The van der Waals surface area contributed by atoms with E-state index in [4.69, 9.17) is 0 Å². The van der Waals surface area contributed by atoms with E-state index in [-0.39, 0.29) is 11.8 Å². The van der Waals surface area contributed by atoms with Crippen molar-refractivity contribution in [3.8, 4) is 0 Å². The molecule has 0 atom stereocenters. The van der Waals surface area contributed by atoms with Crippen molar-refractivity contribution < 1.29 is 13.2 Å². The quantitative estimate of drug-likeness (QED) is 0.829. The molecule has 1 aromatic rings. The Morgan fingerprint density at radius 1 is 0.960 bits per heavy atom. The maximum atomic E-state index is 13.0. The van der Waals surface area contributed by atoms with Gasteiger partial charge in [0, 0.05) is 32.1 Å². The van der Waals surface area contributed by atoms with Crippen LogP contribution >= 0.6 is 0 Å². The highest BCUT2D eigenvalue weighted by Crippen LogP contribution is 2.26. The highest BCUT2D eigenvalue weighted by molar-refractivity contribution is 7.89. The van der Waals surface area contributed by atoms with Crippen LogP contribution in [0.4, 0.5) is 0 Å². The summed E-state index contributed by atoms with van der Waals surface area (Å²) in [5, 5.41) is 0. The predicted octanol–water partition coefficient (Wildman–Crippen LogP) is 2.80. The summed E-state index contributed by atoms with van der Waals surface area (Å²) in [6.07, 6.45) is 6.17. The van der Waals surface area contributed by atoms with E-state index >= 15 is 0 Å². The molecule has 0 spiro atoms. The number of amides is 1. The molecule has 1 heterocycles. The summed E-state index contributed by atoms with van der Waals surface area (Å²) in [6, 6.07) is 7.10. The second-order valence-corrected chi connectivity index (χ2v) is 9.09. The number of sulfonamides is 1. The maximum Gasteiger partial charge on any atom is 0.243 e.